The molecule has 0 aliphatic rings. The quantitative estimate of drug-likeness (QED) is 0.784. The number of nitrogens with one attached hydrogen (secondary N) is 1. The van der Waals surface area contributed by atoms with E-state index in [2.05, 4.69) is 0 Å². The maximum atomic E-state index is 12.3. The average Bonchev–Trinajstić information content (AvgIpc) is 2.26. The zero-order valence-corrected chi connectivity index (χ0v) is 9.40. The molecule has 3 N–H and O–H groups in total. The Morgan fingerprint density at radius 2 is 1.78 bits per heavy atom. The largest absolute Gasteiger partial charge is 0.465 e. The number of aliphatic hydroxyl groups excluding tert-OH is 1. The summed E-state index contributed by atoms with van der Waals surface area (Å²) in [5.41, 5.74) is -0.610. The van der Waals surface area contributed by atoms with E-state index in [0.29, 0.717) is 0 Å². The Kier molecular flexibility index (Phi) is 4.18. The maximum absolute atomic E-state index is 12.3. The predicted molar refractivity (Wildman–Crippen MR) is 57.0 cm³/mol. The van der Waals surface area contributed by atoms with Gasteiger partial charge in [-0.1, -0.05) is 12.1 Å². The lowest BCUT2D eigenvalue weighted by molar-refractivity contribution is -0.137. The second-order valence-electron chi connectivity index (χ2n) is 3.80. The molecule has 4 nitrogen and oxygen atoms in total. The first-order chi connectivity index (χ1) is 8.21. The highest BCUT2D eigenvalue weighted by atomic mass is 19.4. The molecule has 0 aliphatic heterocycles. The Morgan fingerprint density at radius 1 is 1.28 bits per heavy atom. The van der Waals surface area contributed by atoms with Crippen molar-refractivity contribution in [2.24, 2.45) is 0 Å². The van der Waals surface area contributed by atoms with Gasteiger partial charge in [-0.25, -0.2) is 4.79 Å². The minimum atomic E-state index is -4.44. The van der Waals surface area contributed by atoms with Crippen LogP contribution in [0.1, 0.15) is 24.2 Å². The summed E-state index contributed by atoms with van der Waals surface area (Å²) in [5.74, 6) is 0. The van der Waals surface area contributed by atoms with Crippen LogP contribution in [0.15, 0.2) is 24.3 Å². The first kappa shape index (κ1) is 14.3. The Bertz CT molecular complexity index is 417. The van der Waals surface area contributed by atoms with Crippen molar-refractivity contribution in [3.63, 3.8) is 0 Å². The lowest BCUT2D eigenvalue weighted by Crippen LogP contribution is -2.35. The molecule has 1 amide bonds. The van der Waals surface area contributed by atoms with Crippen LogP contribution in [0.2, 0.25) is 0 Å². The number of hydrogen-bond acceptors (Lipinski definition) is 2. The molecule has 0 saturated heterocycles. The smallest absolute Gasteiger partial charge is 0.416 e. The third-order valence-electron chi connectivity index (χ3n) is 2.40. The van der Waals surface area contributed by atoms with Gasteiger partial charge in [-0.05, 0) is 24.6 Å². The van der Waals surface area contributed by atoms with Crippen LogP contribution < -0.4 is 5.32 Å². The van der Waals surface area contributed by atoms with Crippen molar-refractivity contribution >= 4 is 6.09 Å². The zero-order chi connectivity index (χ0) is 13.9. The molecule has 0 unspecified atom stereocenters. The van der Waals surface area contributed by atoms with Gasteiger partial charge in [0.2, 0.25) is 0 Å². The van der Waals surface area contributed by atoms with Gasteiger partial charge in [0, 0.05) is 0 Å². The summed E-state index contributed by atoms with van der Waals surface area (Å²) in [5, 5.41) is 20.2. The first-order valence-corrected chi connectivity index (χ1v) is 5.06. The summed E-state index contributed by atoms with van der Waals surface area (Å²) >= 11 is 0. The van der Waals surface area contributed by atoms with E-state index in [-0.39, 0.29) is 5.56 Å². The highest BCUT2D eigenvalue weighted by molar-refractivity contribution is 5.64. The van der Waals surface area contributed by atoms with Gasteiger partial charge in [0.15, 0.2) is 0 Å². The van der Waals surface area contributed by atoms with Crippen molar-refractivity contribution in [1.29, 1.82) is 0 Å². The molecule has 0 fully saturated rings. The van der Waals surface area contributed by atoms with Gasteiger partial charge in [0.25, 0.3) is 0 Å². The molecule has 0 radical (unpaired) electrons. The fourth-order valence-corrected chi connectivity index (χ4v) is 1.43. The number of carboxylic acid groups (broad SMARTS) is 1. The third kappa shape index (κ3) is 3.63. The maximum Gasteiger partial charge on any atom is 0.416 e. The fourth-order valence-electron chi connectivity index (χ4n) is 1.43. The molecule has 0 heterocycles. The van der Waals surface area contributed by atoms with E-state index in [0.717, 1.165) is 24.3 Å². The van der Waals surface area contributed by atoms with Crippen LogP contribution in [-0.4, -0.2) is 22.3 Å². The van der Waals surface area contributed by atoms with Gasteiger partial charge in [-0.15, -0.1) is 0 Å². The van der Waals surface area contributed by atoms with Crippen LogP contribution in [0.4, 0.5) is 18.0 Å². The molecule has 2 atom stereocenters. The van der Waals surface area contributed by atoms with Crippen LogP contribution in [-0.2, 0) is 6.18 Å². The molecule has 18 heavy (non-hydrogen) atoms. The third-order valence-corrected chi connectivity index (χ3v) is 2.40. The zero-order valence-electron chi connectivity index (χ0n) is 9.40. The van der Waals surface area contributed by atoms with E-state index in [1.165, 1.54) is 6.92 Å². The normalized spacial score (nSPS) is 14.9. The van der Waals surface area contributed by atoms with Gasteiger partial charge in [0.05, 0.1) is 17.7 Å². The molecule has 1 aromatic rings. The highest BCUT2D eigenvalue weighted by Gasteiger charge is 2.30. The van der Waals surface area contributed by atoms with Gasteiger partial charge in [0.1, 0.15) is 0 Å². The summed E-state index contributed by atoms with van der Waals surface area (Å²) < 4.78 is 36.9. The summed E-state index contributed by atoms with van der Waals surface area (Å²) in [6.07, 6.45) is -6.95. The lowest BCUT2D eigenvalue weighted by Gasteiger charge is -2.19. The van der Waals surface area contributed by atoms with Crippen molar-refractivity contribution in [2.75, 3.05) is 0 Å². The monoisotopic (exact) mass is 263 g/mol. The van der Waals surface area contributed by atoms with Crippen LogP contribution in [0.3, 0.4) is 0 Å². The van der Waals surface area contributed by atoms with E-state index in [1.54, 1.807) is 0 Å². The molecule has 1 rings (SSSR count). The summed E-state index contributed by atoms with van der Waals surface area (Å²) in [6, 6.07) is 3.10. The molecule has 0 aliphatic carbocycles. The van der Waals surface area contributed by atoms with E-state index in [9.17, 15) is 23.1 Å². The van der Waals surface area contributed by atoms with E-state index < -0.39 is 30.0 Å². The highest BCUT2D eigenvalue weighted by Crippen LogP contribution is 2.30. The molecule has 0 saturated carbocycles. The number of rotatable bonds is 3. The summed E-state index contributed by atoms with van der Waals surface area (Å²) in [7, 11) is 0. The number of aliphatic hydroxyl groups is 1. The van der Waals surface area contributed by atoms with Gasteiger partial charge < -0.3 is 15.5 Å². The molecule has 0 spiro atoms. The van der Waals surface area contributed by atoms with Gasteiger partial charge in [-0.2, -0.15) is 13.2 Å². The summed E-state index contributed by atoms with van der Waals surface area (Å²) in [6.45, 7) is 1.41. The van der Waals surface area contributed by atoms with Gasteiger partial charge in [-0.3, -0.25) is 0 Å². The molecule has 7 heteroatoms. The Labute approximate surface area is 101 Å². The minimum absolute atomic E-state index is 0.212. The van der Waals surface area contributed by atoms with Crippen LogP contribution in [0.25, 0.3) is 0 Å². The Hall–Kier alpha value is -1.76. The Morgan fingerprint density at radius 3 is 2.17 bits per heavy atom. The standard InChI is InChI=1S/C11H12F3NO3/c1-6(15-10(17)18)9(16)7-2-4-8(5-3-7)11(12,13)14/h2-6,9,15-16H,1H3,(H,17,18)/t6-,9-/m0/s1. The molecule has 0 bridgehead atoms. The minimum Gasteiger partial charge on any atom is -0.465 e. The number of carbonyl (C=O) groups is 1. The number of halogens is 3. The van der Waals surface area contributed by atoms with Crippen LogP contribution >= 0.6 is 0 Å². The van der Waals surface area contributed by atoms with Crippen LogP contribution in [0, 0.1) is 0 Å². The summed E-state index contributed by atoms with van der Waals surface area (Å²) in [4.78, 5) is 10.4. The Balaban J connectivity index is 2.82. The average molecular weight is 263 g/mol. The topological polar surface area (TPSA) is 69.6 Å². The first-order valence-electron chi connectivity index (χ1n) is 5.06. The van der Waals surface area contributed by atoms with Gasteiger partial charge >= 0.3 is 12.3 Å². The second-order valence-corrected chi connectivity index (χ2v) is 3.80. The van der Waals surface area contributed by atoms with Crippen molar-refractivity contribution < 1.29 is 28.2 Å². The molecule has 1 aromatic carbocycles. The molecular weight excluding hydrogens is 251 g/mol. The van der Waals surface area contributed by atoms with Crippen molar-refractivity contribution in [2.45, 2.75) is 25.2 Å². The van der Waals surface area contributed by atoms with Crippen LogP contribution in [0.5, 0.6) is 0 Å². The molecule has 0 aromatic heterocycles. The van der Waals surface area contributed by atoms with E-state index in [1.807, 2.05) is 5.32 Å². The fraction of sp³-hybridized carbons (Fsp3) is 0.364. The predicted octanol–water partition coefficient (Wildman–Crippen LogP) is 2.39. The molecular formula is C11H12F3NO3. The number of alkyl halides is 3. The van der Waals surface area contributed by atoms with Crippen molar-refractivity contribution in [3.8, 4) is 0 Å². The van der Waals surface area contributed by atoms with Crippen molar-refractivity contribution in [3.05, 3.63) is 35.4 Å². The van der Waals surface area contributed by atoms with Crippen molar-refractivity contribution in [1.82, 2.24) is 5.32 Å². The molecule has 100 valence electrons. The SMILES string of the molecule is C[C@H](NC(=O)O)[C@H](O)c1ccc(C(F)(F)F)cc1. The number of hydrogen-bond donors (Lipinski definition) is 3. The lowest BCUT2D eigenvalue weighted by atomic mass is 10.0. The van der Waals surface area contributed by atoms with E-state index in [4.69, 9.17) is 5.11 Å². The van der Waals surface area contributed by atoms with E-state index >= 15 is 0 Å². The number of amides is 1. The number of benzene rings is 1. The second kappa shape index (κ2) is 5.26.